The molecule has 156 valence electrons. The van der Waals surface area contributed by atoms with Crippen molar-refractivity contribution in [1.82, 2.24) is 9.88 Å². The third-order valence-electron chi connectivity index (χ3n) is 4.93. The molecule has 2 N–H and O–H groups in total. The zero-order valence-corrected chi connectivity index (χ0v) is 18.7. The van der Waals surface area contributed by atoms with Crippen molar-refractivity contribution in [3.63, 3.8) is 0 Å². The summed E-state index contributed by atoms with van der Waals surface area (Å²) in [6.45, 7) is 6.29. The minimum Gasteiger partial charge on any atom is -0.494 e. The summed E-state index contributed by atoms with van der Waals surface area (Å²) in [4.78, 5) is 19.1. The second-order valence-electron chi connectivity index (χ2n) is 6.86. The van der Waals surface area contributed by atoms with E-state index >= 15 is 0 Å². The monoisotopic (exact) mass is 445 g/mol. The lowest BCUT2D eigenvalue weighted by Gasteiger charge is -2.33. The summed E-state index contributed by atoms with van der Waals surface area (Å²) in [6.07, 6.45) is 2.37. The Morgan fingerprint density at radius 1 is 1.29 bits per heavy atom. The van der Waals surface area contributed by atoms with Crippen LogP contribution in [0.25, 0.3) is 10.6 Å². The summed E-state index contributed by atoms with van der Waals surface area (Å²) in [5.74, 6) is 1.56. The van der Waals surface area contributed by atoms with Gasteiger partial charge in [0.05, 0.1) is 18.7 Å². The molecule has 1 amide bonds. The van der Waals surface area contributed by atoms with E-state index in [9.17, 15) is 4.79 Å². The summed E-state index contributed by atoms with van der Waals surface area (Å²) < 4.78 is 5.47. The molecule has 28 heavy (non-hydrogen) atoms. The predicted octanol–water partition coefficient (Wildman–Crippen LogP) is 4.18. The molecule has 1 atom stereocenters. The van der Waals surface area contributed by atoms with Crippen LogP contribution in [0.1, 0.15) is 32.4 Å². The Morgan fingerprint density at radius 3 is 2.50 bits per heavy atom. The number of carbonyl (C=O) groups excluding carboxylic acids is 1. The third kappa shape index (κ3) is 6.34. The van der Waals surface area contributed by atoms with Gasteiger partial charge in [-0.3, -0.25) is 4.79 Å². The van der Waals surface area contributed by atoms with Crippen LogP contribution in [0.4, 0.5) is 0 Å². The standard InChI is InChI=1S/C20H27N3O2S.2ClH/c1-3-25-18-6-4-16(5-7-18)20-22-17(13-26-20)12-19(24)23-10-8-15(9-11-23)14(2)21;;/h4-7,13-15H,3,8-12,21H2,1-2H3;2*1H. The number of benzene rings is 1. The number of hydrogen-bond acceptors (Lipinski definition) is 5. The SMILES string of the molecule is CCOc1ccc(-c2nc(CC(=O)N3CCC(C(C)N)CC3)cs2)cc1.Cl.Cl. The van der Waals surface area contributed by atoms with Gasteiger partial charge >= 0.3 is 0 Å². The minimum atomic E-state index is 0. The van der Waals surface area contributed by atoms with Gasteiger partial charge in [-0.05, 0) is 56.9 Å². The molecule has 0 spiro atoms. The number of rotatable bonds is 6. The van der Waals surface area contributed by atoms with Crippen molar-refractivity contribution in [1.29, 1.82) is 0 Å². The van der Waals surface area contributed by atoms with E-state index in [0.29, 0.717) is 18.9 Å². The number of thiazole rings is 1. The van der Waals surface area contributed by atoms with Gasteiger partial charge in [-0.1, -0.05) is 0 Å². The first-order chi connectivity index (χ1) is 12.6. The van der Waals surface area contributed by atoms with Crippen molar-refractivity contribution in [2.45, 2.75) is 39.2 Å². The van der Waals surface area contributed by atoms with Crippen molar-refractivity contribution in [3.8, 4) is 16.3 Å². The van der Waals surface area contributed by atoms with Crippen molar-refractivity contribution in [3.05, 3.63) is 35.3 Å². The van der Waals surface area contributed by atoms with Gasteiger partial charge in [0, 0.05) is 30.1 Å². The number of aromatic nitrogens is 1. The molecule has 1 saturated heterocycles. The van der Waals surface area contributed by atoms with E-state index in [-0.39, 0.29) is 36.8 Å². The molecule has 1 aromatic carbocycles. The van der Waals surface area contributed by atoms with E-state index in [2.05, 4.69) is 11.9 Å². The van der Waals surface area contributed by atoms with E-state index < -0.39 is 0 Å². The van der Waals surface area contributed by atoms with Crippen LogP contribution in [0, 0.1) is 5.92 Å². The molecule has 8 heteroatoms. The van der Waals surface area contributed by atoms with Crippen LogP contribution in [0.3, 0.4) is 0 Å². The summed E-state index contributed by atoms with van der Waals surface area (Å²) in [5, 5.41) is 2.92. The van der Waals surface area contributed by atoms with Crippen LogP contribution in [0.2, 0.25) is 0 Å². The highest BCUT2D eigenvalue weighted by molar-refractivity contribution is 7.13. The molecule has 0 bridgehead atoms. The van der Waals surface area contributed by atoms with Gasteiger partial charge < -0.3 is 15.4 Å². The van der Waals surface area contributed by atoms with Gasteiger partial charge in [0.15, 0.2) is 0 Å². The molecular weight excluding hydrogens is 417 g/mol. The highest BCUT2D eigenvalue weighted by Gasteiger charge is 2.25. The highest BCUT2D eigenvalue weighted by atomic mass is 35.5. The van der Waals surface area contributed by atoms with Gasteiger partial charge in [-0.25, -0.2) is 4.98 Å². The van der Waals surface area contributed by atoms with Crippen LogP contribution < -0.4 is 10.5 Å². The molecule has 2 aromatic rings. The number of likely N-dealkylation sites (tertiary alicyclic amines) is 1. The molecule has 1 fully saturated rings. The average molecular weight is 446 g/mol. The maximum atomic E-state index is 12.5. The first-order valence-electron chi connectivity index (χ1n) is 9.27. The number of nitrogens with zero attached hydrogens (tertiary/aromatic N) is 2. The van der Waals surface area contributed by atoms with Crippen LogP contribution in [-0.2, 0) is 11.2 Å². The lowest BCUT2D eigenvalue weighted by Crippen LogP contribution is -2.43. The van der Waals surface area contributed by atoms with Crippen LogP contribution >= 0.6 is 36.2 Å². The van der Waals surface area contributed by atoms with Gasteiger partial charge in [0.25, 0.3) is 0 Å². The zero-order valence-electron chi connectivity index (χ0n) is 16.3. The fraction of sp³-hybridized carbons (Fsp3) is 0.500. The molecular formula is C20H29Cl2N3O2S. The van der Waals surface area contributed by atoms with Gasteiger partial charge in [0.2, 0.25) is 5.91 Å². The number of halogens is 2. The number of carbonyl (C=O) groups is 1. The number of nitrogens with two attached hydrogens (primary N) is 1. The average Bonchev–Trinajstić information content (AvgIpc) is 3.11. The molecule has 3 rings (SSSR count). The van der Waals surface area contributed by atoms with Crippen LogP contribution in [-0.4, -0.2) is 41.5 Å². The first-order valence-corrected chi connectivity index (χ1v) is 10.2. The Hall–Kier alpha value is -1.34. The van der Waals surface area contributed by atoms with Crippen molar-refractivity contribution < 1.29 is 9.53 Å². The van der Waals surface area contributed by atoms with E-state index in [1.54, 1.807) is 11.3 Å². The smallest absolute Gasteiger partial charge is 0.228 e. The second-order valence-corrected chi connectivity index (χ2v) is 7.71. The molecule has 0 radical (unpaired) electrons. The third-order valence-corrected chi connectivity index (χ3v) is 5.87. The van der Waals surface area contributed by atoms with Gasteiger partial charge in [-0.2, -0.15) is 0 Å². The van der Waals surface area contributed by atoms with Crippen molar-refractivity contribution in [2.24, 2.45) is 11.7 Å². The largest absolute Gasteiger partial charge is 0.494 e. The molecule has 1 aromatic heterocycles. The van der Waals surface area contributed by atoms with Crippen LogP contribution in [0.15, 0.2) is 29.6 Å². The number of ether oxygens (including phenoxy) is 1. The Balaban J connectivity index is 0.00000196. The summed E-state index contributed by atoms with van der Waals surface area (Å²) >= 11 is 1.58. The minimum absolute atomic E-state index is 0. The topological polar surface area (TPSA) is 68.5 Å². The van der Waals surface area contributed by atoms with E-state index in [1.165, 1.54) is 0 Å². The predicted molar refractivity (Wildman–Crippen MR) is 120 cm³/mol. The van der Waals surface area contributed by atoms with Crippen molar-refractivity contribution >= 4 is 42.1 Å². The molecule has 1 aliphatic rings. The maximum absolute atomic E-state index is 12.5. The molecule has 5 nitrogen and oxygen atoms in total. The summed E-state index contributed by atoms with van der Waals surface area (Å²) in [6, 6.07) is 8.13. The first kappa shape index (κ1) is 24.7. The number of amides is 1. The van der Waals surface area contributed by atoms with E-state index in [4.69, 9.17) is 10.5 Å². The molecule has 1 aliphatic heterocycles. The number of piperidine rings is 1. The highest BCUT2D eigenvalue weighted by Crippen LogP contribution is 2.26. The van der Waals surface area contributed by atoms with Crippen LogP contribution in [0.5, 0.6) is 5.75 Å². The Morgan fingerprint density at radius 2 is 1.93 bits per heavy atom. The molecule has 1 unspecified atom stereocenters. The Labute approximate surface area is 183 Å². The van der Waals surface area contributed by atoms with E-state index in [1.807, 2.05) is 41.5 Å². The van der Waals surface area contributed by atoms with Gasteiger partial charge in [-0.15, -0.1) is 36.2 Å². The van der Waals surface area contributed by atoms with E-state index in [0.717, 1.165) is 47.9 Å². The Kier molecular flexibility index (Phi) is 10.2. The molecule has 2 heterocycles. The maximum Gasteiger partial charge on any atom is 0.228 e. The zero-order chi connectivity index (χ0) is 18.5. The lowest BCUT2D eigenvalue weighted by atomic mass is 9.91. The fourth-order valence-electron chi connectivity index (χ4n) is 3.32. The second kappa shape index (κ2) is 11.6. The van der Waals surface area contributed by atoms with Gasteiger partial charge in [0.1, 0.15) is 10.8 Å². The molecule has 0 saturated carbocycles. The Bertz CT molecular complexity index is 729. The summed E-state index contributed by atoms with van der Waals surface area (Å²) in [7, 11) is 0. The lowest BCUT2D eigenvalue weighted by molar-refractivity contribution is -0.132. The quantitative estimate of drug-likeness (QED) is 0.723. The fourth-order valence-corrected chi connectivity index (χ4v) is 4.15. The number of hydrogen-bond donors (Lipinski definition) is 1. The summed E-state index contributed by atoms with van der Waals surface area (Å²) in [5.41, 5.74) is 7.87. The molecule has 0 aliphatic carbocycles. The normalized spacial score (nSPS) is 15.3. The van der Waals surface area contributed by atoms with Crippen molar-refractivity contribution in [2.75, 3.05) is 19.7 Å².